The maximum Gasteiger partial charge on any atom is 0.239 e. The third-order valence-electron chi connectivity index (χ3n) is 6.61. The Kier molecular flexibility index (Phi) is 6.78. The Balaban J connectivity index is 1.30. The summed E-state index contributed by atoms with van der Waals surface area (Å²) in [7, 11) is 3.32. The van der Waals surface area contributed by atoms with E-state index in [4.69, 9.17) is 9.47 Å². The number of rotatable bonds is 6. The molecule has 0 unspecified atom stereocenters. The van der Waals surface area contributed by atoms with Gasteiger partial charge in [0.2, 0.25) is 5.91 Å². The molecule has 0 bridgehead atoms. The highest BCUT2D eigenvalue weighted by Crippen LogP contribution is 2.28. The minimum Gasteiger partial charge on any atom is -0.493 e. The van der Waals surface area contributed by atoms with Crippen molar-refractivity contribution in [1.29, 1.82) is 0 Å². The number of nitrogens with zero attached hydrogens (tertiary/aromatic N) is 3. The van der Waals surface area contributed by atoms with Gasteiger partial charge >= 0.3 is 0 Å². The van der Waals surface area contributed by atoms with Gasteiger partial charge in [-0.1, -0.05) is 30.3 Å². The number of ether oxygens (including phenoxy) is 2. The van der Waals surface area contributed by atoms with Gasteiger partial charge in [-0.15, -0.1) is 0 Å². The molecule has 0 spiro atoms. The van der Waals surface area contributed by atoms with Gasteiger partial charge in [0.1, 0.15) is 0 Å². The molecule has 6 heteroatoms. The molecule has 0 N–H and O–H groups in total. The zero-order valence-electron chi connectivity index (χ0n) is 18.8. The lowest BCUT2D eigenvalue weighted by atomic mass is 9.99. The van der Waals surface area contributed by atoms with E-state index in [0.717, 1.165) is 63.7 Å². The van der Waals surface area contributed by atoms with Crippen LogP contribution < -0.4 is 9.47 Å². The number of fused-ring (bicyclic) bond motifs is 1. The lowest BCUT2D eigenvalue weighted by Gasteiger charge is -2.40. The van der Waals surface area contributed by atoms with Crippen LogP contribution in [0.5, 0.6) is 11.5 Å². The van der Waals surface area contributed by atoms with Gasteiger partial charge in [-0.25, -0.2) is 0 Å². The van der Waals surface area contributed by atoms with E-state index in [1.807, 2.05) is 17.0 Å². The molecule has 166 valence electrons. The van der Waals surface area contributed by atoms with Crippen LogP contribution in [0.3, 0.4) is 0 Å². The van der Waals surface area contributed by atoms with E-state index in [-0.39, 0.29) is 11.9 Å². The van der Waals surface area contributed by atoms with Crippen LogP contribution >= 0.6 is 0 Å². The fourth-order valence-electron chi connectivity index (χ4n) is 4.65. The monoisotopic (exact) mass is 423 g/mol. The first kappa shape index (κ1) is 21.7. The van der Waals surface area contributed by atoms with Crippen LogP contribution in [0.2, 0.25) is 0 Å². The molecule has 1 saturated heterocycles. The summed E-state index contributed by atoms with van der Waals surface area (Å²) in [6, 6.07) is 14.5. The minimum absolute atomic E-state index is 0.0755. The Morgan fingerprint density at radius 3 is 2.35 bits per heavy atom. The smallest absolute Gasteiger partial charge is 0.239 e. The molecular formula is C25H33N3O3. The van der Waals surface area contributed by atoms with Crippen molar-refractivity contribution in [3.8, 4) is 11.5 Å². The third kappa shape index (κ3) is 4.86. The van der Waals surface area contributed by atoms with Gasteiger partial charge in [-0.3, -0.25) is 14.6 Å². The Morgan fingerprint density at radius 1 is 0.935 bits per heavy atom. The molecule has 2 aromatic rings. The zero-order valence-corrected chi connectivity index (χ0v) is 18.8. The number of carbonyl (C=O) groups excluding carboxylic acids is 1. The van der Waals surface area contributed by atoms with E-state index in [1.165, 1.54) is 16.7 Å². The molecule has 1 amide bonds. The standard InChI is InChI=1S/C25H33N3O3/c1-19(25(29)28-11-10-21-6-4-5-7-22(21)18-28)27-14-12-26(13-15-27)17-20-8-9-23(30-2)24(16-20)31-3/h4-9,16,19H,10-15,17-18H2,1-3H3/t19-/m0/s1. The molecule has 0 aromatic heterocycles. The molecule has 1 atom stereocenters. The Labute approximate surface area is 185 Å². The van der Waals surface area contributed by atoms with Crippen LogP contribution in [-0.4, -0.2) is 73.6 Å². The highest BCUT2D eigenvalue weighted by molar-refractivity contribution is 5.81. The maximum absolute atomic E-state index is 13.2. The minimum atomic E-state index is -0.0755. The van der Waals surface area contributed by atoms with Gasteiger partial charge < -0.3 is 14.4 Å². The SMILES string of the molecule is COc1ccc(CN2CCN([C@@H](C)C(=O)N3CCc4ccccc4C3)CC2)cc1OC. The molecular weight excluding hydrogens is 390 g/mol. The van der Waals surface area contributed by atoms with Gasteiger partial charge in [0, 0.05) is 45.8 Å². The first-order valence-corrected chi connectivity index (χ1v) is 11.1. The molecule has 2 aromatic carbocycles. The van der Waals surface area contributed by atoms with Crippen molar-refractivity contribution in [2.75, 3.05) is 46.9 Å². The summed E-state index contributed by atoms with van der Waals surface area (Å²) in [5.41, 5.74) is 3.87. The van der Waals surface area contributed by atoms with E-state index in [2.05, 4.69) is 47.1 Å². The highest BCUT2D eigenvalue weighted by atomic mass is 16.5. The average molecular weight is 424 g/mol. The molecule has 0 saturated carbocycles. The van der Waals surface area contributed by atoms with E-state index < -0.39 is 0 Å². The fourth-order valence-corrected chi connectivity index (χ4v) is 4.65. The van der Waals surface area contributed by atoms with Crippen molar-refractivity contribution < 1.29 is 14.3 Å². The molecule has 0 radical (unpaired) electrons. The molecule has 1 fully saturated rings. The summed E-state index contributed by atoms with van der Waals surface area (Å²) in [6.45, 7) is 8.21. The largest absolute Gasteiger partial charge is 0.493 e. The second-order valence-corrected chi connectivity index (χ2v) is 8.46. The lowest BCUT2D eigenvalue weighted by Crippen LogP contribution is -2.54. The predicted octanol–water partition coefficient (Wildman–Crippen LogP) is 2.79. The van der Waals surface area contributed by atoms with Gasteiger partial charge in [-0.2, -0.15) is 0 Å². The zero-order chi connectivity index (χ0) is 21.8. The molecule has 4 rings (SSSR count). The van der Waals surface area contributed by atoms with Gasteiger partial charge in [-0.05, 0) is 42.2 Å². The molecule has 2 aliphatic heterocycles. The second-order valence-electron chi connectivity index (χ2n) is 8.46. The van der Waals surface area contributed by atoms with Gasteiger partial charge in [0.25, 0.3) is 0 Å². The summed E-state index contributed by atoms with van der Waals surface area (Å²) in [5.74, 6) is 1.77. The number of benzene rings is 2. The molecule has 6 nitrogen and oxygen atoms in total. The van der Waals surface area contributed by atoms with E-state index in [1.54, 1.807) is 14.2 Å². The van der Waals surface area contributed by atoms with Crippen LogP contribution in [0.1, 0.15) is 23.6 Å². The Hall–Kier alpha value is -2.57. The van der Waals surface area contributed by atoms with Gasteiger partial charge in [0.05, 0.1) is 20.3 Å². The number of amides is 1. The van der Waals surface area contributed by atoms with Crippen molar-refractivity contribution in [1.82, 2.24) is 14.7 Å². The fraction of sp³-hybridized carbons (Fsp3) is 0.480. The van der Waals surface area contributed by atoms with Crippen LogP contribution in [0, 0.1) is 0 Å². The maximum atomic E-state index is 13.2. The second kappa shape index (κ2) is 9.71. The van der Waals surface area contributed by atoms with E-state index >= 15 is 0 Å². The highest BCUT2D eigenvalue weighted by Gasteiger charge is 2.30. The van der Waals surface area contributed by atoms with Crippen LogP contribution in [0.15, 0.2) is 42.5 Å². The summed E-state index contributed by atoms with van der Waals surface area (Å²) in [6.07, 6.45) is 0.952. The van der Waals surface area contributed by atoms with Crippen LogP contribution in [0.4, 0.5) is 0 Å². The van der Waals surface area contributed by atoms with Crippen molar-refractivity contribution in [3.63, 3.8) is 0 Å². The Bertz CT molecular complexity index is 909. The first-order valence-electron chi connectivity index (χ1n) is 11.1. The number of carbonyl (C=O) groups is 1. The lowest BCUT2D eigenvalue weighted by molar-refractivity contribution is -0.138. The molecule has 2 aliphatic rings. The van der Waals surface area contributed by atoms with Crippen LogP contribution in [0.25, 0.3) is 0 Å². The summed E-state index contributed by atoms with van der Waals surface area (Å²) in [4.78, 5) is 20.0. The number of hydrogen-bond donors (Lipinski definition) is 0. The molecule has 0 aliphatic carbocycles. The topological polar surface area (TPSA) is 45.2 Å². The van der Waals surface area contributed by atoms with Crippen LogP contribution in [-0.2, 0) is 24.3 Å². The predicted molar refractivity (Wildman–Crippen MR) is 121 cm³/mol. The van der Waals surface area contributed by atoms with Crippen molar-refractivity contribution in [2.45, 2.75) is 32.5 Å². The molecule has 2 heterocycles. The van der Waals surface area contributed by atoms with Crippen molar-refractivity contribution in [2.24, 2.45) is 0 Å². The normalized spacial score (nSPS) is 18.4. The molecule has 31 heavy (non-hydrogen) atoms. The summed E-state index contributed by atoms with van der Waals surface area (Å²) < 4.78 is 10.8. The van der Waals surface area contributed by atoms with Crippen molar-refractivity contribution >= 4 is 5.91 Å². The van der Waals surface area contributed by atoms with E-state index in [0.29, 0.717) is 0 Å². The summed E-state index contributed by atoms with van der Waals surface area (Å²) >= 11 is 0. The quantitative estimate of drug-likeness (QED) is 0.715. The van der Waals surface area contributed by atoms with Crippen molar-refractivity contribution in [3.05, 3.63) is 59.2 Å². The third-order valence-corrected chi connectivity index (χ3v) is 6.61. The van der Waals surface area contributed by atoms with Gasteiger partial charge in [0.15, 0.2) is 11.5 Å². The average Bonchev–Trinajstić information content (AvgIpc) is 2.83. The number of piperazine rings is 1. The Morgan fingerprint density at radius 2 is 1.65 bits per heavy atom. The first-order chi connectivity index (χ1) is 15.1. The summed E-state index contributed by atoms with van der Waals surface area (Å²) in [5, 5.41) is 0. The number of methoxy groups -OCH3 is 2. The number of hydrogen-bond acceptors (Lipinski definition) is 5. The van der Waals surface area contributed by atoms with E-state index in [9.17, 15) is 4.79 Å².